The number of nitro groups is 1. The second-order valence-electron chi connectivity index (χ2n) is 4.11. The Hall–Kier alpha value is -1.40. The van der Waals surface area contributed by atoms with Gasteiger partial charge in [-0.1, -0.05) is 50.1 Å². The molecule has 0 atom stereocenters. The van der Waals surface area contributed by atoms with E-state index in [0.29, 0.717) is 5.33 Å². The van der Waals surface area contributed by atoms with Gasteiger partial charge in [-0.15, -0.1) is 0 Å². The van der Waals surface area contributed by atoms with E-state index in [0.717, 1.165) is 15.6 Å². The Bertz CT molecular complexity index is 632. The molecule has 2 aromatic rings. The molecule has 0 saturated carbocycles. The number of alkyl halides is 1. The first kappa shape index (κ1) is 15.0. The van der Waals surface area contributed by atoms with Crippen LogP contribution in [0.15, 0.2) is 46.9 Å². The average Bonchev–Trinajstić information content (AvgIpc) is 2.45. The second-order valence-corrected chi connectivity index (χ2v) is 5.59. The van der Waals surface area contributed by atoms with Crippen LogP contribution in [0.1, 0.15) is 11.1 Å². The number of hydrogen-bond acceptors (Lipinski definition) is 3. The molecule has 0 unspecified atom stereocenters. The van der Waals surface area contributed by atoms with Crippen molar-refractivity contribution in [1.82, 2.24) is 0 Å². The van der Waals surface area contributed by atoms with Crippen LogP contribution in [-0.2, 0) is 11.9 Å². The van der Waals surface area contributed by atoms with E-state index in [1.165, 1.54) is 6.07 Å². The fourth-order valence-corrected chi connectivity index (χ4v) is 2.49. The number of halogens is 2. The highest BCUT2D eigenvalue weighted by molar-refractivity contribution is 9.10. The first-order chi connectivity index (χ1) is 9.60. The standard InChI is InChI=1S/C14H11Br2NO3/c15-8-10-4-5-14(13(7-10)17(18)19)20-9-11-2-1-3-12(16)6-11/h1-7H,8-9H2. The number of hydrogen-bond donors (Lipinski definition) is 0. The van der Waals surface area contributed by atoms with Gasteiger partial charge in [0, 0.05) is 15.9 Å². The molecule has 0 spiro atoms. The van der Waals surface area contributed by atoms with Crippen molar-refractivity contribution < 1.29 is 9.66 Å². The largest absolute Gasteiger partial charge is 0.482 e. The van der Waals surface area contributed by atoms with Crippen molar-refractivity contribution >= 4 is 37.5 Å². The summed E-state index contributed by atoms with van der Waals surface area (Å²) in [6, 6.07) is 12.6. The molecule has 0 aliphatic heterocycles. The zero-order chi connectivity index (χ0) is 14.5. The number of nitro benzene ring substituents is 1. The van der Waals surface area contributed by atoms with Gasteiger partial charge in [-0.05, 0) is 29.3 Å². The zero-order valence-electron chi connectivity index (χ0n) is 10.4. The van der Waals surface area contributed by atoms with Gasteiger partial charge in [-0.2, -0.15) is 0 Å². The Morgan fingerprint density at radius 3 is 2.60 bits per heavy atom. The van der Waals surface area contributed by atoms with Crippen molar-refractivity contribution in [1.29, 1.82) is 0 Å². The molecule has 104 valence electrons. The van der Waals surface area contributed by atoms with E-state index >= 15 is 0 Å². The van der Waals surface area contributed by atoms with Gasteiger partial charge in [0.2, 0.25) is 0 Å². The van der Waals surface area contributed by atoms with E-state index in [-0.39, 0.29) is 18.0 Å². The van der Waals surface area contributed by atoms with Crippen LogP contribution in [0.5, 0.6) is 5.75 Å². The minimum atomic E-state index is -0.428. The summed E-state index contributed by atoms with van der Waals surface area (Å²) < 4.78 is 6.51. The summed E-state index contributed by atoms with van der Waals surface area (Å²) in [6.07, 6.45) is 0. The first-order valence-electron chi connectivity index (χ1n) is 5.80. The summed E-state index contributed by atoms with van der Waals surface area (Å²) in [7, 11) is 0. The predicted molar refractivity (Wildman–Crippen MR) is 84.2 cm³/mol. The van der Waals surface area contributed by atoms with Crippen LogP contribution >= 0.6 is 31.9 Å². The maximum atomic E-state index is 11.1. The highest BCUT2D eigenvalue weighted by atomic mass is 79.9. The summed E-state index contributed by atoms with van der Waals surface area (Å²) in [5.74, 6) is 0.277. The third-order valence-electron chi connectivity index (χ3n) is 2.66. The molecule has 0 amide bonds. The summed E-state index contributed by atoms with van der Waals surface area (Å²) >= 11 is 6.66. The monoisotopic (exact) mass is 399 g/mol. The SMILES string of the molecule is O=[N+]([O-])c1cc(CBr)ccc1OCc1cccc(Br)c1. The third kappa shape index (κ3) is 3.80. The molecule has 4 nitrogen and oxygen atoms in total. The molecule has 0 saturated heterocycles. The fourth-order valence-electron chi connectivity index (χ4n) is 1.70. The van der Waals surface area contributed by atoms with Crippen molar-refractivity contribution in [3.05, 3.63) is 68.2 Å². The van der Waals surface area contributed by atoms with E-state index in [1.807, 2.05) is 24.3 Å². The van der Waals surface area contributed by atoms with Gasteiger partial charge in [-0.3, -0.25) is 10.1 Å². The third-order valence-corrected chi connectivity index (χ3v) is 3.80. The van der Waals surface area contributed by atoms with Crippen LogP contribution in [0.2, 0.25) is 0 Å². The molecule has 0 heterocycles. The minimum absolute atomic E-state index is 0.0167. The van der Waals surface area contributed by atoms with E-state index < -0.39 is 4.92 Å². The van der Waals surface area contributed by atoms with Gasteiger partial charge < -0.3 is 4.74 Å². The highest BCUT2D eigenvalue weighted by Gasteiger charge is 2.15. The lowest BCUT2D eigenvalue weighted by atomic mass is 10.2. The van der Waals surface area contributed by atoms with Gasteiger partial charge in [0.05, 0.1) is 4.92 Å². The van der Waals surface area contributed by atoms with Gasteiger partial charge >= 0.3 is 5.69 Å². The average molecular weight is 401 g/mol. The van der Waals surface area contributed by atoms with Gasteiger partial charge in [-0.25, -0.2) is 0 Å². The van der Waals surface area contributed by atoms with Crippen LogP contribution in [0.25, 0.3) is 0 Å². The molecule has 0 N–H and O–H groups in total. The Morgan fingerprint density at radius 1 is 1.15 bits per heavy atom. The van der Waals surface area contributed by atoms with Gasteiger partial charge in [0.1, 0.15) is 6.61 Å². The van der Waals surface area contributed by atoms with Crippen molar-refractivity contribution in [2.45, 2.75) is 11.9 Å². The molecule has 0 aliphatic carbocycles. The summed E-state index contributed by atoms with van der Waals surface area (Å²) in [5.41, 5.74) is 1.77. The van der Waals surface area contributed by atoms with E-state index in [1.54, 1.807) is 12.1 Å². The lowest BCUT2D eigenvalue weighted by Gasteiger charge is -2.08. The minimum Gasteiger partial charge on any atom is -0.482 e. The van der Waals surface area contributed by atoms with E-state index in [9.17, 15) is 10.1 Å². The van der Waals surface area contributed by atoms with Crippen LogP contribution in [-0.4, -0.2) is 4.92 Å². The summed E-state index contributed by atoms with van der Waals surface area (Å²) in [6.45, 7) is 0.286. The van der Waals surface area contributed by atoms with Crippen molar-refractivity contribution in [3.63, 3.8) is 0 Å². The van der Waals surface area contributed by atoms with Crippen molar-refractivity contribution in [2.75, 3.05) is 0 Å². The van der Waals surface area contributed by atoms with E-state index in [4.69, 9.17) is 4.74 Å². The summed E-state index contributed by atoms with van der Waals surface area (Å²) in [4.78, 5) is 10.6. The molecule has 0 bridgehead atoms. The highest BCUT2D eigenvalue weighted by Crippen LogP contribution is 2.29. The van der Waals surface area contributed by atoms with Crippen LogP contribution in [0, 0.1) is 10.1 Å². The maximum Gasteiger partial charge on any atom is 0.311 e. The fraction of sp³-hybridized carbons (Fsp3) is 0.143. The quantitative estimate of drug-likeness (QED) is 0.410. The first-order valence-corrected chi connectivity index (χ1v) is 7.72. The number of ether oxygens (including phenoxy) is 1. The molecular formula is C14H11Br2NO3. The van der Waals surface area contributed by atoms with Crippen molar-refractivity contribution in [3.8, 4) is 5.75 Å². The topological polar surface area (TPSA) is 52.4 Å². The number of benzene rings is 2. The van der Waals surface area contributed by atoms with Crippen LogP contribution < -0.4 is 4.74 Å². The number of rotatable bonds is 5. The maximum absolute atomic E-state index is 11.1. The smallest absolute Gasteiger partial charge is 0.311 e. The van der Waals surface area contributed by atoms with Crippen LogP contribution in [0.3, 0.4) is 0 Å². The molecule has 20 heavy (non-hydrogen) atoms. The molecule has 6 heteroatoms. The second kappa shape index (κ2) is 6.85. The van der Waals surface area contributed by atoms with Crippen molar-refractivity contribution in [2.24, 2.45) is 0 Å². The van der Waals surface area contributed by atoms with E-state index in [2.05, 4.69) is 31.9 Å². The lowest BCUT2D eigenvalue weighted by molar-refractivity contribution is -0.386. The molecule has 0 aliphatic rings. The molecule has 0 fully saturated rings. The zero-order valence-corrected chi connectivity index (χ0v) is 13.6. The molecule has 2 aromatic carbocycles. The molecule has 0 radical (unpaired) electrons. The molecule has 2 rings (SSSR count). The van der Waals surface area contributed by atoms with Gasteiger partial charge in [0.15, 0.2) is 5.75 Å². The Kier molecular flexibility index (Phi) is 5.14. The Balaban J connectivity index is 2.18. The Labute approximate surface area is 133 Å². The van der Waals surface area contributed by atoms with Gasteiger partial charge in [0.25, 0.3) is 0 Å². The summed E-state index contributed by atoms with van der Waals surface area (Å²) in [5, 5.41) is 11.6. The molecular weight excluding hydrogens is 390 g/mol. The Morgan fingerprint density at radius 2 is 1.95 bits per heavy atom. The number of nitrogens with zero attached hydrogens (tertiary/aromatic N) is 1. The predicted octanol–water partition coefficient (Wildman–Crippen LogP) is 4.83. The van der Waals surface area contributed by atoms with Crippen LogP contribution in [0.4, 0.5) is 5.69 Å². The molecule has 0 aromatic heterocycles. The lowest BCUT2D eigenvalue weighted by Crippen LogP contribution is -1.99. The normalized spacial score (nSPS) is 10.3.